The van der Waals surface area contributed by atoms with Gasteiger partial charge in [0.05, 0.1) is 24.1 Å². The van der Waals surface area contributed by atoms with E-state index in [1.54, 1.807) is 7.11 Å². The lowest BCUT2D eigenvalue weighted by Gasteiger charge is -2.38. The molecule has 1 atom stereocenters. The molecule has 142 valence electrons. The average Bonchev–Trinajstić information content (AvgIpc) is 3.49. The summed E-state index contributed by atoms with van der Waals surface area (Å²) in [6, 6.07) is 6.88. The topological polar surface area (TPSA) is 61.8 Å². The number of amides is 1. The number of carbonyl (C=O) groups excluding carboxylic acids is 1. The Kier molecular flexibility index (Phi) is 4.11. The molecular formula is C20H25N5O2. The molecule has 27 heavy (non-hydrogen) atoms. The molecule has 0 spiro atoms. The van der Waals surface area contributed by atoms with Crippen molar-refractivity contribution in [3.8, 4) is 5.88 Å². The molecule has 2 aromatic rings. The molecule has 1 aromatic heterocycles. The van der Waals surface area contributed by atoms with Gasteiger partial charge in [-0.1, -0.05) is 0 Å². The number of methoxy groups -OCH3 is 1. The highest BCUT2D eigenvalue weighted by Crippen LogP contribution is 2.33. The molecule has 7 nitrogen and oxygen atoms in total. The maximum atomic E-state index is 12.7. The highest BCUT2D eigenvalue weighted by molar-refractivity contribution is 5.87. The molecule has 1 unspecified atom stereocenters. The van der Waals surface area contributed by atoms with Gasteiger partial charge in [0.25, 0.3) is 0 Å². The summed E-state index contributed by atoms with van der Waals surface area (Å²) < 4.78 is 5.38. The van der Waals surface area contributed by atoms with Crippen molar-refractivity contribution >= 4 is 22.5 Å². The van der Waals surface area contributed by atoms with E-state index in [9.17, 15) is 4.79 Å². The zero-order chi connectivity index (χ0) is 18.4. The molecule has 5 rings (SSSR count). The van der Waals surface area contributed by atoms with E-state index in [2.05, 4.69) is 36.8 Å². The van der Waals surface area contributed by atoms with Crippen molar-refractivity contribution in [2.45, 2.75) is 31.3 Å². The number of benzene rings is 1. The van der Waals surface area contributed by atoms with Gasteiger partial charge in [-0.15, -0.1) is 0 Å². The van der Waals surface area contributed by atoms with Crippen LogP contribution in [0.3, 0.4) is 0 Å². The normalized spacial score (nSPS) is 24.0. The van der Waals surface area contributed by atoms with E-state index in [4.69, 9.17) is 4.74 Å². The maximum absolute atomic E-state index is 12.7. The van der Waals surface area contributed by atoms with Crippen LogP contribution in [0.5, 0.6) is 5.88 Å². The fraction of sp³-hybridized carbons (Fsp3) is 0.550. The molecule has 1 saturated carbocycles. The summed E-state index contributed by atoms with van der Waals surface area (Å²) in [7, 11) is 1.64. The number of carbonyl (C=O) groups is 1. The third kappa shape index (κ3) is 3.00. The number of hydrogen-bond acceptors (Lipinski definition) is 6. The minimum absolute atomic E-state index is 0.0952. The molecule has 3 aliphatic rings. The first-order chi connectivity index (χ1) is 13.2. The van der Waals surface area contributed by atoms with Crippen molar-refractivity contribution in [1.82, 2.24) is 19.8 Å². The smallest absolute Gasteiger partial charge is 0.240 e. The maximum Gasteiger partial charge on any atom is 0.240 e. The van der Waals surface area contributed by atoms with Gasteiger partial charge in [-0.05, 0) is 37.5 Å². The Morgan fingerprint density at radius 3 is 2.59 bits per heavy atom. The molecule has 3 fully saturated rings. The number of piperazine rings is 1. The van der Waals surface area contributed by atoms with Gasteiger partial charge in [-0.2, -0.15) is 0 Å². The average molecular weight is 367 g/mol. The standard InChI is InChI=1S/C20H25N5O2/c1-27-19-16-12-15(4-5-17(16)21-13-22-19)23-8-10-24(11-9-23)18-6-7-25(20(18)26)14-2-3-14/h4-5,12-14,18H,2-3,6-11H2,1H3. The van der Waals surface area contributed by atoms with Crippen molar-refractivity contribution in [1.29, 1.82) is 0 Å². The Bertz CT molecular complexity index is 861. The van der Waals surface area contributed by atoms with Gasteiger partial charge in [0.1, 0.15) is 6.33 Å². The van der Waals surface area contributed by atoms with Crippen LogP contribution >= 0.6 is 0 Å². The van der Waals surface area contributed by atoms with Crippen LogP contribution in [0.15, 0.2) is 24.5 Å². The molecular weight excluding hydrogens is 342 g/mol. The van der Waals surface area contributed by atoms with Gasteiger partial charge in [0, 0.05) is 44.5 Å². The van der Waals surface area contributed by atoms with Crippen molar-refractivity contribution in [2.24, 2.45) is 0 Å². The van der Waals surface area contributed by atoms with E-state index in [1.807, 2.05) is 6.07 Å². The minimum Gasteiger partial charge on any atom is -0.480 e. The molecule has 0 bridgehead atoms. The van der Waals surface area contributed by atoms with Gasteiger partial charge >= 0.3 is 0 Å². The Hall–Kier alpha value is -2.41. The molecule has 1 aliphatic carbocycles. The minimum atomic E-state index is 0.0952. The fourth-order valence-corrected chi connectivity index (χ4v) is 4.45. The highest BCUT2D eigenvalue weighted by Gasteiger charge is 2.43. The van der Waals surface area contributed by atoms with Gasteiger partial charge in [0.15, 0.2) is 0 Å². The first-order valence-corrected chi connectivity index (χ1v) is 9.83. The van der Waals surface area contributed by atoms with Gasteiger partial charge in [-0.25, -0.2) is 9.97 Å². The van der Waals surface area contributed by atoms with E-state index in [-0.39, 0.29) is 6.04 Å². The van der Waals surface area contributed by atoms with Crippen molar-refractivity contribution in [3.05, 3.63) is 24.5 Å². The third-order valence-electron chi connectivity index (χ3n) is 6.10. The van der Waals surface area contributed by atoms with Crippen LogP contribution in [0, 0.1) is 0 Å². The molecule has 1 amide bonds. The van der Waals surface area contributed by atoms with E-state index in [1.165, 1.54) is 19.2 Å². The van der Waals surface area contributed by atoms with Crippen LogP contribution in [0.2, 0.25) is 0 Å². The van der Waals surface area contributed by atoms with Crippen LogP contribution in [-0.4, -0.2) is 77.6 Å². The second-order valence-corrected chi connectivity index (χ2v) is 7.67. The summed E-state index contributed by atoms with van der Waals surface area (Å²) in [5, 5.41) is 0.936. The molecule has 2 aliphatic heterocycles. The SMILES string of the molecule is COc1ncnc2ccc(N3CCN(C4CCN(C5CC5)C4=O)CC3)cc12. The number of rotatable bonds is 4. The lowest BCUT2D eigenvalue weighted by Crippen LogP contribution is -2.52. The number of nitrogens with zero attached hydrogens (tertiary/aromatic N) is 5. The zero-order valence-corrected chi connectivity index (χ0v) is 15.7. The summed E-state index contributed by atoms with van der Waals surface area (Å²) >= 11 is 0. The largest absolute Gasteiger partial charge is 0.480 e. The van der Waals surface area contributed by atoms with E-state index in [0.29, 0.717) is 17.8 Å². The van der Waals surface area contributed by atoms with Crippen LogP contribution in [0.25, 0.3) is 10.9 Å². The molecule has 1 aromatic carbocycles. The summed E-state index contributed by atoms with van der Waals surface area (Å²) in [6.07, 6.45) is 4.91. The second-order valence-electron chi connectivity index (χ2n) is 7.67. The van der Waals surface area contributed by atoms with Crippen LogP contribution < -0.4 is 9.64 Å². The first kappa shape index (κ1) is 16.7. The monoisotopic (exact) mass is 367 g/mol. The van der Waals surface area contributed by atoms with E-state index >= 15 is 0 Å². The molecule has 2 saturated heterocycles. The Balaban J connectivity index is 1.28. The summed E-state index contributed by atoms with van der Waals surface area (Å²) in [6.45, 7) is 4.65. The van der Waals surface area contributed by atoms with Crippen molar-refractivity contribution < 1.29 is 9.53 Å². The number of ether oxygens (including phenoxy) is 1. The molecule has 7 heteroatoms. The number of anilines is 1. The van der Waals surface area contributed by atoms with Crippen molar-refractivity contribution in [2.75, 3.05) is 44.7 Å². The molecule has 3 heterocycles. The lowest BCUT2D eigenvalue weighted by atomic mass is 10.1. The van der Waals surface area contributed by atoms with Crippen LogP contribution in [0.1, 0.15) is 19.3 Å². The number of likely N-dealkylation sites (tertiary alicyclic amines) is 1. The Morgan fingerprint density at radius 2 is 1.85 bits per heavy atom. The van der Waals surface area contributed by atoms with Gasteiger partial charge < -0.3 is 14.5 Å². The van der Waals surface area contributed by atoms with Crippen molar-refractivity contribution in [3.63, 3.8) is 0 Å². The molecule has 0 radical (unpaired) electrons. The highest BCUT2D eigenvalue weighted by atomic mass is 16.5. The second kappa shape index (κ2) is 6.64. The van der Waals surface area contributed by atoms with E-state index < -0.39 is 0 Å². The predicted octanol–water partition coefficient (Wildman–Crippen LogP) is 1.52. The number of aromatic nitrogens is 2. The Morgan fingerprint density at radius 1 is 1.04 bits per heavy atom. The third-order valence-corrected chi connectivity index (χ3v) is 6.10. The van der Waals surface area contributed by atoms with Gasteiger partial charge in [0.2, 0.25) is 11.8 Å². The summed E-state index contributed by atoms with van der Waals surface area (Å²) in [4.78, 5) is 28.1. The molecule has 0 N–H and O–H groups in total. The lowest BCUT2D eigenvalue weighted by molar-refractivity contribution is -0.132. The first-order valence-electron chi connectivity index (χ1n) is 9.83. The number of hydrogen-bond donors (Lipinski definition) is 0. The predicted molar refractivity (Wildman–Crippen MR) is 103 cm³/mol. The van der Waals surface area contributed by atoms with Crippen LogP contribution in [-0.2, 0) is 4.79 Å². The quantitative estimate of drug-likeness (QED) is 0.817. The van der Waals surface area contributed by atoms with Crippen LogP contribution in [0.4, 0.5) is 5.69 Å². The summed E-state index contributed by atoms with van der Waals surface area (Å²) in [5.41, 5.74) is 2.05. The van der Waals surface area contributed by atoms with Gasteiger partial charge in [-0.3, -0.25) is 9.69 Å². The fourth-order valence-electron chi connectivity index (χ4n) is 4.45. The van der Waals surface area contributed by atoms with E-state index in [0.717, 1.165) is 55.7 Å². The summed E-state index contributed by atoms with van der Waals surface area (Å²) in [5.74, 6) is 0.968. The number of fused-ring (bicyclic) bond motifs is 1. The Labute approximate surface area is 158 Å². The zero-order valence-electron chi connectivity index (χ0n) is 15.7.